The Morgan fingerprint density at radius 3 is 2.80 bits per heavy atom. The fourth-order valence-corrected chi connectivity index (χ4v) is 2.77. The van der Waals surface area contributed by atoms with Gasteiger partial charge in [-0.3, -0.25) is 4.90 Å². The largest absolute Gasteiger partial charge is 0.399 e. The first kappa shape index (κ1) is 15.1. The normalized spacial score (nSPS) is 14.3. The summed E-state index contributed by atoms with van der Waals surface area (Å²) in [6.45, 7) is 9.14. The number of nitrogen functional groups attached to an aromatic ring is 1. The van der Waals surface area contributed by atoms with E-state index in [2.05, 4.69) is 43.0 Å². The number of nitrogens with one attached hydrogen (secondary N) is 1. The molecule has 2 rings (SSSR count). The Morgan fingerprint density at radius 1 is 1.30 bits per heavy atom. The van der Waals surface area contributed by atoms with E-state index < -0.39 is 0 Å². The molecule has 0 bridgehead atoms. The summed E-state index contributed by atoms with van der Waals surface area (Å²) in [5.74, 6) is 0. The van der Waals surface area contributed by atoms with Crippen molar-refractivity contribution in [2.75, 3.05) is 64.0 Å². The standard InChI is InChI=1S/C16H28N4/c1-4-19(10-9-18(2)3)11-12-20-8-7-14-5-6-15(17)13-16(14)20/h5-6,13H,4,7-12,17H2,1-3H3/p+1. The van der Waals surface area contributed by atoms with Crippen LogP contribution in [-0.4, -0.2) is 58.3 Å². The van der Waals surface area contributed by atoms with Crippen LogP contribution in [-0.2, 0) is 6.42 Å². The summed E-state index contributed by atoms with van der Waals surface area (Å²) in [6, 6.07) is 6.32. The number of hydrogen-bond donors (Lipinski definition) is 2. The van der Waals surface area contributed by atoms with Gasteiger partial charge in [-0.1, -0.05) is 13.0 Å². The minimum Gasteiger partial charge on any atom is -0.399 e. The van der Waals surface area contributed by atoms with E-state index in [-0.39, 0.29) is 0 Å². The molecule has 4 nitrogen and oxygen atoms in total. The SMILES string of the molecule is CCN(CCN1CCc2ccc(N)cc21)CC[NH+](C)C. The lowest BCUT2D eigenvalue weighted by Gasteiger charge is -2.26. The van der Waals surface area contributed by atoms with E-state index in [9.17, 15) is 0 Å². The maximum atomic E-state index is 5.92. The van der Waals surface area contributed by atoms with Crippen LogP contribution in [0.3, 0.4) is 0 Å². The number of anilines is 2. The van der Waals surface area contributed by atoms with Gasteiger partial charge in [0.1, 0.15) is 0 Å². The van der Waals surface area contributed by atoms with Crippen molar-refractivity contribution >= 4 is 11.4 Å². The minimum atomic E-state index is 0.874. The molecule has 0 fully saturated rings. The number of fused-ring (bicyclic) bond motifs is 1. The van der Waals surface area contributed by atoms with Crippen molar-refractivity contribution in [2.45, 2.75) is 13.3 Å². The molecule has 0 aliphatic carbocycles. The molecule has 3 N–H and O–H groups in total. The van der Waals surface area contributed by atoms with Crippen molar-refractivity contribution in [1.29, 1.82) is 0 Å². The van der Waals surface area contributed by atoms with Crippen LogP contribution < -0.4 is 15.5 Å². The molecule has 1 heterocycles. The summed E-state index contributed by atoms with van der Waals surface area (Å²) in [6.07, 6.45) is 1.16. The Balaban J connectivity index is 1.87. The molecular formula is C16H29N4+. The van der Waals surface area contributed by atoms with E-state index in [1.54, 1.807) is 0 Å². The first-order valence-corrected chi connectivity index (χ1v) is 7.75. The molecule has 4 heteroatoms. The average molecular weight is 277 g/mol. The predicted octanol–water partition coefficient (Wildman–Crippen LogP) is 0.0977. The number of quaternary nitrogens is 1. The smallest absolute Gasteiger partial charge is 0.0896 e. The van der Waals surface area contributed by atoms with Crippen LogP contribution in [0, 0.1) is 0 Å². The number of nitrogens with zero attached hydrogens (tertiary/aromatic N) is 2. The van der Waals surface area contributed by atoms with Crippen LogP contribution in [0.4, 0.5) is 11.4 Å². The highest BCUT2D eigenvalue weighted by Crippen LogP contribution is 2.29. The van der Waals surface area contributed by atoms with Gasteiger partial charge in [0.2, 0.25) is 0 Å². The maximum absolute atomic E-state index is 5.92. The van der Waals surface area contributed by atoms with Gasteiger partial charge >= 0.3 is 0 Å². The van der Waals surface area contributed by atoms with E-state index in [4.69, 9.17) is 5.73 Å². The fourth-order valence-electron chi connectivity index (χ4n) is 2.77. The van der Waals surface area contributed by atoms with Crippen LogP contribution >= 0.6 is 0 Å². The molecule has 1 aliphatic heterocycles. The van der Waals surface area contributed by atoms with Crippen molar-refractivity contribution in [3.63, 3.8) is 0 Å². The third-order valence-electron chi connectivity index (χ3n) is 4.16. The second kappa shape index (κ2) is 6.95. The Morgan fingerprint density at radius 2 is 2.10 bits per heavy atom. The van der Waals surface area contributed by atoms with Gasteiger partial charge in [-0.25, -0.2) is 0 Å². The van der Waals surface area contributed by atoms with Gasteiger partial charge in [-0.2, -0.15) is 0 Å². The molecule has 0 saturated carbocycles. The second-order valence-corrected chi connectivity index (χ2v) is 6.02. The highest BCUT2D eigenvalue weighted by molar-refractivity contribution is 5.64. The lowest BCUT2D eigenvalue weighted by atomic mass is 10.1. The lowest BCUT2D eigenvalue weighted by molar-refractivity contribution is -0.857. The first-order valence-electron chi connectivity index (χ1n) is 7.75. The van der Waals surface area contributed by atoms with Crippen LogP contribution in [0.1, 0.15) is 12.5 Å². The molecule has 0 radical (unpaired) electrons. The molecule has 0 atom stereocenters. The first-order chi connectivity index (χ1) is 9.60. The maximum Gasteiger partial charge on any atom is 0.0896 e. The summed E-state index contributed by atoms with van der Waals surface area (Å²) >= 11 is 0. The van der Waals surface area contributed by atoms with E-state index in [0.29, 0.717) is 0 Å². The molecule has 0 aromatic heterocycles. The van der Waals surface area contributed by atoms with Gasteiger partial charge in [0.25, 0.3) is 0 Å². The van der Waals surface area contributed by atoms with Crippen LogP contribution in [0.2, 0.25) is 0 Å². The van der Waals surface area contributed by atoms with Crippen LogP contribution in [0.25, 0.3) is 0 Å². The molecular weight excluding hydrogens is 248 g/mol. The van der Waals surface area contributed by atoms with Crippen LogP contribution in [0.5, 0.6) is 0 Å². The molecule has 0 saturated heterocycles. The number of rotatable bonds is 7. The van der Waals surface area contributed by atoms with Crippen LogP contribution in [0.15, 0.2) is 18.2 Å². The van der Waals surface area contributed by atoms with Gasteiger partial charge in [-0.05, 0) is 30.7 Å². The lowest BCUT2D eigenvalue weighted by Crippen LogP contribution is -3.06. The monoisotopic (exact) mass is 277 g/mol. The van der Waals surface area contributed by atoms with E-state index in [1.165, 1.54) is 29.2 Å². The number of benzene rings is 1. The summed E-state index contributed by atoms with van der Waals surface area (Å²) in [7, 11) is 4.43. The average Bonchev–Trinajstić information content (AvgIpc) is 2.81. The molecule has 1 aromatic carbocycles. The second-order valence-electron chi connectivity index (χ2n) is 6.02. The number of likely N-dealkylation sites (N-methyl/N-ethyl adjacent to an activating group) is 2. The Kier molecular flexibility index (Phi) is 5.26. The Labute approximate surface area is 123 Å². The number of hydrogen-bond acceptors (Lipinski definition) is 3. The Hall–Kier alpha value is -1.26. The number of nitrogens with two attached hydrogens (primary N) is 1. The van der Waals surface area contributed by atoms with Crippen molar-refractivity contribution in [1.82, 2.24) is 4.90 Å². The van der Waals surface area contributed by atoms with E-state index >= 15 is 0 Å². The third-order valence-corrected chi connectivity index (χ3v) is 4.16. The van der Waals surface area contributed by atoms with Crippen molar-refractivity contribution in [3.8, 4) is 0 Å². The molecule has 20 heavy (non-hydrogen) atoms. The quantitative estimate of drug-likeness (QED) is 0.694. The minimum absolute atomic E-state index is 0.874. The van der Waals surface area contributed by atoms with Gasteiger partial charge in [0.15, 0.2) is 0 Å². The molecule has 112 valence electrons. The summed E-state index contributed by atoms with van der Waals surface area (Å²) in [5.41, 5.74) is 9.58. The van der Waals surface area contributed by atoms with Gasteiger partial charge in [0.05, 0.1) is 20.6 Å². The van der Waals surface area contributed by atoms with Crippen molar-refractivity contribution in [3.05, 3.63) is 23.8 Å². The molecule has 1 aliphatic rings. The summed E-state index contributed by atoms with van der Waals surface area (Å²) < 4.78 is 0. The third kappa shape index (κ3) is 3.87. The molecule has 1 aromatic rings. The van der Waals surface area contributed by atoms with Gasteiger partial charge in [0, 0.05) is 37.6 Å². The molecule has 0 unspecified atom stereocenters. The van der Waals surface area contributed by atoms with Crippen molar-refractivity contribution in [2.24, 2.45) is 0 Å². The van der Waals surface area contributed by atoms with Gasteiger partial charge < -0.3 is 15.5 Å². The zero-order chi connectivity index (χ0) is 14.5. The summed E-state index contributed by atoms with van der Waals surface area (Å²) in [5, 5.41) is 0. The predicted molar refractivity (Wildman–Crippen MR) is 86.6 cm³/mol. The van der Waals surface area contributed by atoms with Crippen molar-refractivity contribution < 1.29 is 4.90 Å². The van der Waals surface area contributed by atoms with Gasteiger partial charge in [-0.15, -0.1) is 0 Å². The topological polar surface area (TPSA) is 36.9 Å². The Bertz CT molecular complexity index is 430. The molecule has 0 amide bonds. The highest BCUT2D eigenvalue weighted by atomic mass is 15.2. The van der Waals surface area contributed by atoms with E-state index in [1.807, 2.05) is 6.07 Å². The fraction of sp³-hybridized carbons (Fsp3) is 0.625. The molecule has 0 spiro atoms. The highest BCUT2D eigenvalue weighted by Gasteiger charge is 2.19. The zero-order valence-electron chi connectivity index (χ0n) is 13.2. The van der Waals surface area contributed by atoms with E-state index in [0.717, 1.165) is 38.3 Å². The zero-order valence-corrected chi connectivity index (χ0v) is 13.2. The summed E-state index contributed by atoms with van der Waals surface area (Å²) in [4.78, 5) is 6.54.